The third-order valence-electron chi connectivity index (χ3n) is 4.56. The Morgan fingerprint density at radius 3 is 2.85 bits per heavy atom. The van der Waals surface area contributed by atoms with Crippen molar-refractivity contribution in [2.24, 2.45) is 0 Å². The molecule has 0 amide bonds. The smallest absolute Gasteiger partial charge is 0.136 e. The zero-order chi connectivity index (χ0) is 18.7. The molecule has 3 rings (SSSR count). The molecule has 2 aromatic rings. The number of pyridine rings is 1. The summed E-state index contributed by atoms with van der Waals surface area (Å²) in [6, 6.07) is 6.44. The van der Waals surface area contributed by atoms with Gasteiger partial charge in [0, 0.05) is 41.5 Å². The van der Waals surface area contributed by atoms with E-state index in [0.717, 1.165) is 13.0 Å². The standard InChI is InChI=1S/C20H24F2N2O2/c1-13(2)26-17-6-7-24(11-17)20-15(9-21)8-16(10-23-20)18-5-3-4-14(12-25)19(18)22/h3-5,8,10,13,17,25H,6-7,9,11-12H2,1-2H3. The highest BCUT2D eigenvalue weighted by Gasteiger charge is 2.26. The molecule has 4 nitrogen and oxygen atoms in total. The molecule has 1 aromatic carbocycles. The number of hydrogen-bond acceptors (Lipinski definition) is 4. The minimum atomic E-state index is -0.677. The normalized spacial score (nSPS) is 17.3. The molecule has 1 N–H and O–H groups in total. The van der Waals surface area contributed by atoms with Gasteiger partial charge in [-0.2, -0.15) is 0 Å². The lowest BCUT2D eigenvalue weighted by Gasteiger charge is -2.21. The van der Waals surface area contributed by atoms with Crippen LogP contribution in [0.4, 0.5) is 14.6 Å². The summed E-state index contributed by atoms with van der Waals surface area (Å²) in [7, 11) is 0. The second kappa shape index (κ2) is 8.10. The first-order valence-electron chi connectivity index (χ1n) is 8.87. The number of anilines is 1. The maximum Gasteiger partial charge on any atom is 0.136 e. The SMILES string of the molecule is CC(C)OC1CCN(c2ncc(-c3cccc(CO)c3F)cc2CF)C1. The summed E-state index contributed by atoms with van der Waals surface area (Å²) in [5.74, 6) is 0.0887. The topological polar surface area (TPSA) is 45.6 Å². The van der Waals surface area contributed by atoms with Crippen molar-refractivity contribution in [1.82, 2.24) is 4.98 Å². The van der Waals surface area contributed by atoms with Crippen molar-refractivity contribution in [2.45, 2.75) is 45.8 Å². The zero-order valence-electron chi connectivity index (χ0n) is 15.1. The van der Waals surface area contributed by atoms with E-state index >= 15 is 0 Å². The largest absolute Gasteiger partial charge is 0.392 e. The molecule has 1 aliphatic rings. The summed E-state index contributed by atoms with van der Waals surface area (Å²) < 4.78 is 34.0. The molecular weight excluding hydrogens is 338 g/mol. The van der Waals surface area contributed by atoms with Crippen molar-refractivity contribution in [3.8, 4) is 11.1 Å². The number of nitrogens with zero attached hydrogens (tertiary/aromatic N) is 2. The Morgan fingerprint density at radius 2 is 2.15 bits per heavy atom. The van der Waals surface area contributed by atoms with Crippen LogP contribution in [0, 0.1) is 5.82 Å². The van der Waals surface area contributed by atoms with E-state index in [1.54, 1.807) is 24.4 Å². The summed E-state index contributed by atoms with van der Waals surface area (Å²) in [6.07, 6.45) is 2.70. The summed E-state index contributed by atoms with van der Waals surface area (Å²) in [4.78, 5) is 6.44. The summed E-state index contributed by atoms with van der Waals surface area (Å²) in [5.41, 5.74) is 1.46. The van der Waals surface area contributed by atoms with E-state index in [0.29, 0.717) is 29.1 Å². The summed E-state index contributed by atoms with van der Waals surface area (Å²) in [5, 5.41) is 9.23. The van der Waals surface area contributed by atoms with Crippen LogP contribution in [0.1, 0.15) is 31.4 Å². The van der Waals surface area contributed by atoms with Gasteiger partial charge >= 0.3 is 0 Å². The molecule has 1 saturated heterocycles. The number of ether oxygens (including phenoxy) is 1. The molecule has 0 aliphatic carbocycles. The fourth-order valence-corrected chi connectivity index (χ4v) is 3.37. The number of aromatic nitrogens is 1. The van der Waals surface area contributed by atoms with Crippen LogP contribution in [0.2, 0.25) is 0 Å². The molecule has 1 fully saturated rings. The van der Waals surface area contributed by atoms with Crippen LogP contribution < -0.4 is 4.90 Å². The van der Waals surface area contributed by atoms with Gasteiger partial charge in [-0.1, -0.05) is 18.2 Å². The van der Waals surface area contributed by atoms with Crippen LogP contribution in [0.25, 0.3) is 11.1 Å². The van der Waals surface area contributed by atoms with Crippen molar-refractivity contribution < 1.29 is 18.6 Å². The number of rotatable bonds is 6. The van der Waals surface area contributed by atoms with E-state index in [9.17, 15) is 13.9 Å². The molecule has 0 spiro atoms. The van der Waals surface area contributed by atoms with Gasteiger partial charge in [-0.15, -0.1) is 0 Å². The van der Waals surface area contributed by atoms with Crippen LogP contribution in [0.5, 0.6) is 0 Å². The predicted octanol–water partition coefficient (Wildman–Crippen LogP) is 3.85. The van der Waals surface area contributed by atoms with Crippen molar-refractivity contribution in [1.29, 1.82) is 0 Å². The minimum absolute atomic E-state index is 0.114. The van der Waals surface area contributed by atoms with E-state index in [-0.39, 0.29) is 24.4 Å². The van der Waals surface area contributed by atoms with Crippen molar-refractivity contribution in [2.75, 3.05) is 18.0 Å². The molecule has 0 bridgehead atoms. The van der Waals surface area contributed by atoms with Gasteiger partial charge in [0.1, 0.15) is 18.3 Å². The highest BCUT2D eigenvalue weighted by Crippen LogP contribution is 2.31. The van der Waals surface area contributed by atoms with Crippen molar-refractivity contribution in [3.05, 3.63) is 47.4 Å². The van der Waals surface area contributed by atoms with E-state index in [1.165, 1.54) is 6.07 Å². The molecule has 1 unspecified atom stereocenters. The lowest BCUT2D eigenvalue weighted by molar-refractivity contribution is 0.0210. The maximum absolute atomic E-state index is 14.5. The van der Waals surface area contributed by atoms with E-state index < -0.39 is 12.5 Å². The first-order chi connectivity index (χ1) is 12.5. The summed E-state index contributed by atoms with van der Waals surface area (Å²) in [6.45, 7) is 4.36. The average Bonchev–Trinajstić information content (AvgIpc) is 3.09. The molecule has 6 heteroatoms. The highest BCUT2D eigenvalue weighted by molar-refractivity contribution is 5.67. The van der Waals surface area contributed by atoms with Gasteiger partial charge in [0.2, 0.25) is 0 Å². The first-order valence-corrected chi connectivity index (χ1v) is 8.87. The Kier molecular flexibility index (Phi) is 5.84. The van der Waals surface area contributed by atoms with Gasteiger partial charge < -0.3 is 14.7 Å². The van der Waals surface area contributed by atoms with E-state index in [1.807, 2.05) is 18.7 Å². The van der Waals surface area contributed by atoms with Gasteiger partial charge in [-0.3, -0.25) is 0 Å². The van der Waals surface area contributed by atoms with Crippen LogP contribution in [-0.2, 0) is 18.0 Å². The predicted molar refractivity (Wildman–Crippen MR) is 97.2 cm³/mol. The average molecular weight is 362 g/mol. The van der Waals surface area contributed by atoms with Crippen LogP contribution in [0.3, 0.4) is 0 Å². The number of hydrogen-bond donors (Lipinski definition) is 1. The molecule has 1 atom stereocenters. The molecule has 140 valence electrons. The molecular formula is C20H24F2N2O2. The van der Waals surface area contributed by atoms with Crippen LogP contribution in [-0.4, -0.2) is 35.4 Å². The van der Waals surface area contributed by atoms with Gasteiger partial charge in [0.05, 0.1) is 18.8 Å². The van der Waals surface area contributed by atoms with E-state index in [2.05, 4.69) is 4.98 Å². The third kappa shape index (κ3) is 3.86. The van der Waals surface area contributed by atoms with Gasteiger partial charge in [0.25, 0.3) is 0 Å². The number of aliphatic hydroxyl groups is 1. The molecule has 2 heterocycles. The fraction of sp³-hybridized carbons (Fsp3) is 0.450. The minimum Gasteiger partial charge on any atom is -0.392 e. The Bertz CT molecular complexity index is 767. The third-order valence-corrected chi connectivity index (χ3v) is 4.56. The van der Waals surface area contributed by atoms with Crippen LogP contribution in [0.15, 0.2) is 30.5 Å². The van der Waals surface area contributed by atoms with Crippen molar-refractivity contribution >= 4 is 5.82 Å². The molecule has 0 saturated carbocycles. The van der Waals surface area contributed by atoms with Crippen LogP contribution >= 0.6 is 0 Å². The Hall–Kier alpha value is -2.05. The molecule has 0 radical (unpaired) electrons. The van der Waals surface area contributed by atoms with Gasteiger partial charge in [0.15, 0.2) is 0 Å². The molecule has 1 aliphatic heterocycles. The second-order valence-corrected chi connectivity index (χ2v) is 6.82. The highest BCUT2D eigenvalue weighted by atomic mass is 19.1. The van der Waals surface area contributed by atoms with Gasteiger partial charge in [-0.25, -0.2) is 13.8 Å². The second-order valence-electron chi connectivity index (χ2n) is 6.82. The lowest BCUT2D eigenvalue weighted by Crippen LogP contribution is -2.26. The Morgan fingerprint density at radius 1 is 1.35 bits per heavy atom. The van der Waals surface area contributed by atoms with Crippen molar-refractivity contribution in [3.63, 3.8) is 0 Å². The number of benzene rings is 1. The first kappa shape index (κ1) is 18.7. The summed E-state index contributed by atoms with van der Waals surface area (Å²) >= 11 is 0. The number of aliphatic hydroxyl groups excluding tert-OH is 1. The Balaban J connectivity index is 1.87. The zero-order valence-corrected chi connectivity index (χ0v) is 15.1. The van der Waals surface area contributed by atoms with E-state index in [4.69, 9.17) is 4.74 Å². The molecule has 1 aromatic heterocycles. The van der Waals surface area contributed by atoms with Gasteiger partial charge in [-0.05, 0) is 26.3 Å². The Labute approximate surface area is 152 Å². The monoisotopic (exact) mass is 362 g/mol. The quantitative estimate of drug-likeness (QED) is 0.848. The fourth-order valence-electron chi connectivity index (χ4n) is 3.37. The maximum atomic E-state index is 14.5. The molecule has 26 heavy (non-hydrogen) atoms. The number of halogens is 2. The lowest BCUT2D eigenvalue weighted by atomic mass is 10.0. The number of alkyl halides is 1.